The number of rotatable bonds is 4. The summed E-state index contributed by atoms with van der Waals surface area (Å²) in [6, 6.07) is 9.65. The minimum atomic E-state index is -0.655. The molecule has 4 nitrogen and oxygen atoms in total. The van der Waals surface area contributed by atoms with Crippen molar-refractivity contribution in [1.29, 1.82) is 0 Å². The topological polar surface area (TPSA) is 22.1 Å². The summed E-state index contributed by atoms with van der Waals surface area (Å²) < 4.78 is 13.6. The molecule has 0 aromatic heterocycles. The Morgan fingerprint density at radius 2 is 1.81 bits per heavy atom. The highest BCUT2D eigenvalue weighted by molar-refractivity contribution is 5.98. The molecule has 148 valence electrons. The molecule has 0 radical (unpaired) electrons. The summed E-state index contributed by atoms with van der Waals surface area (Å²) in [6.45, 7) is 5.71. The van der Waals surface area contributed by atoms with Crippen LogP contribution in [0.2, 0.25) is 0 Å². The third kappa shape index (κ3) is 4.52. The summed E-state index contributed by atoms with van der Waals surface area (Å²) in [5, 5.41) is 0. The van der Waals surface area contributed by atoms with Crippen molar-refractivity contribution in [1.82, 2.24) is 9.80 Å². The smallest absolute Gasteiger partial charge is 0.113 e. The van der Waals surface area contributed by atoms with Gasteiger partial charge in [-0.25, -0.2) is 4.39 Å². The number of benzene rings is 1. The van der Waals surface area contributed by atoms with Gasteiger partial charge in [-0.3, -0.25) is 14.8 Å². The Kier molecular flexibility index (Phi) is 6.08. The fraction of sp³-hybridized carbons (Fsp3) is 0.682. The van der Waals surface area contributed by atoms with Gasteiger partial charge in [0, 0.05) is 57.9 Å². The van der Waals surface area contributed by atoms with E-state index in [-0.39, 0.29) is 0 Å². The Labute approximate surface area is 163 Å². The fourth-order valence-corrected chi connectivity index (χ4v) is 4.66. The van der Waals surface area contributed by atoms with Crippen LogP contribution in [0.15, 0.2) is 29.3 Å². The number of aliphatic imine (C=N–C) groups is 1. The zero-order chi connectivity index (χ0) is 18.6. The van der Waals surface area contributed by atoms with E-state index in [1.54, 1.807) is 0 Å². The molecule has 3 aliphatic rings. The molecule has 1 atom stereocenters. The number of alkyl halides is 1. The fourth-order valence-electron chi connectivity index (χ4n) is 4.66. The predicted molar refractivity (Wildman–Crippen MR) is 110 cm³/mol. The number of hydrogen-bond acceptors (Lipinski definition) is 3. The van der Waals surface area contributed by atoms with Crippen molar-refractivity contribution in [2.45, 2.75) is 57.3 Å². The van der Waals surface area contributed by atoms with E-state index in [4.69, 9.17) is 0 Å². The van der Waals surface area contributed by atoms with E-state index in [0.29, 0.717) is 6.54 Å². The van der Waals surface area contributed by atoms with Gasteiger partial charge in [-0.2, -0.15) is 0 Å². The Morgan fingerprint density at radius 1 is 1.00 bits per heavy atom. The molecular formula is C22H33FN4. The number of amidine groups is 1. The molecule has 1 unspecified atom stereocenters. The first-order valence-corrected chi connectivity index (χ1v) is 10.7. The lowest BCUT2D eigenvalue weighted by Crippen LogP contribution is -2.42. The van der Waals surface area contributed by atoms with E-state index in [1.807, 2.05) is 7.05 Å². The van der Waals surface area contributed by atoms with Gasteiger partial charge in [0.25, 0.3) is 0 Å². The molecule has 1 aromatic carbocycles. The molecule has 5 heteroatoms. The van der Waals surface area contributed by atoms with Crippen molar-refractivity contribution in [2.24, 2.45) is 4.99 Å². The molecule has 2 heterocycles. The van der Waals surface area contributed by atoms with Crippen LogP contribution in [0, 0.1) is 0 Å². The highest BCUT2D eigenvalue weighted by Gasteiger charge is 2.28. The number of hydrogen-bond donors (Lipinski definition) is 0. The molecular weight excluding hydrogens is 339 g/mol. The Morgan fingerprint density at radius 3 is 2.48 bits per heavy atom. The number of likely N-dealkylation sites (tertiary alicyclic amines) is 1. The van der Waals surface area contributed by atoms with Crippen LogP contribution in [0.1, 0.15) is 44.1 Å². The summed E-state index contributed by atoms with van der Waals surface area (Å²) in [5.41, 5.74) is 2.51. The van der Waals surface area contributed by atoms with Crippen molar-refractivity contribution in [2.75, 3.05) is 44.7 Å². The second kappa shape index (κ2) is 8.70. The van der Waals surface area contributed by atoms with Crippen molar-refractivity contribution in [3.05, 3.63) is 29.8 Å². The second-order valence-corrected chi connectivity index (χ2v) is 8.30. The molecule has 2 saturated heterocycles. The van der Waals surface area contributed by atoms with E-state index in [1.165, 1.54) is 36.3 Å². The van der Waals surface area contributed by atoms with Gasteiger partial charge in [-0.1, -0.05) is 18.6 Å². The van der Waals surface area contributed by atoms with Gasteiger partial charge in [-0.15, -0.1) is 0 Å². The number of halogens is 1. The molecule has 0 amide bonds. The SMILES string of the molecule is CN=C1CCN(C2CCC2)CCN1c1ccc(CN2CCCC(F)C2)cc1. The van der Waals surface area contributed by atoms with Crippen LogP contribution in [0.25, 0.3) is 0 Å². The molecule has 1 aromatic rings. The zero-order valence-corrected chi connectivity index (χ0v) is 16.6. The summed E-state index contributed by atoms with van der Waals surface area (Å²) in [5.74, 6) is 1.20. The van der Waals surface area contributed by atoms with Crippen LogP contribution in [0.3, 0.4) is 0 Å². The predicted octanol–water partition coefficient (Wildman–Crippen LogP) is 3.71. The minimum Gasteiger partial charge on any atom is -0.329 e. The van der Waals surface area contributed by atoms with Gasteiger partial charge in [-0.05, 0) is 49.9 Å². The Bertz CT molecular complexity index is 640. The minimum absolute atomic E-state index is 0.581. The molecule has 1 saturated carbocycles. The quantitative estimate of drug-likeness (QED) is 0.804. The third-order valence-electron chi connectivity index (χ3n) is 6.50. The lowest BCUT2D eigenvalue weighted by molar-refractivity contribution is 0.133. The van der Waals surface area contributed by atoms with Gasteiger partial charge in [0.1, 0.15) is 12.0 Å². The molecule has 4 rings (SSSR count). The molecule has 27 heavy (non-hydrogen) atoms. The van der Waals surface area contributed by atoms with Crippen molar-refractivity contribution < 1.29 is 4.39 Å². The van der Waals surface area contributed by atoms with Crippen LogP contribution in [0.4, 0.5) is 10.1 Å². The first kappa shape index (κ1) is 18.9. The number of anilines is 1. The van der Waals surface area contributed by atoms with Crippen molar-refractivity contribution >= 4 is 11.5 Å². The highest BCUT2D eigenvalue weighted by Crippen LogP contribution is 2.27. The molecule has 0 N–H and O–H groups in total. The summed E-state index contributed by atoms with van der Waals surface area (Å²) in [6.07, 6.45) is 6.19. The molecule has 0 bridgehead atoms. The molecule has 2 aliphatic heterocycles. The van der Waals surface area contributed by atoms with E-state index >= 15 is 0 Å². The summed E-state index contributed by atoms with van der Waals surface area (Å²) >= 11 is 0. The van der Waals surface area contributed by atoms with E-state index in [9.17, 15) is 4.39 Å². The van der Waals surface area contributed by atoms with Gasteiger partial charge >= 0.3 is 0 Å². The zero-order valence-electron chi connectivity index (χ0n) is 16.6. The maximum Gasteiger partial charge on any atom is 0.113 e. The second-order valence-electron chi connectivity index (χ2n) is 8.30. The monoisotopic (exact) mass is 372 g/mol. The van der Waals surface area contributed by atoms with Gasteiger partial charge < -0.3 is 4.90 Å². The van der Waals surface area contributed by atoms with Gasteiger partial charge in [0.05, 0.1) is 0 Å². The van der Waals surface area contributed by atoms with Crippen molar-refractivity contribution in [3.8, 4) is 0 Å². The Hall–Kier alpha value is -1.46. The van der Waals surface area contributed by atoms with Crippen LogP contribution in [-0.4, -0.2) is 67.6 Å². The molecule has 0 spiro atoms. The summed E-state index contributed by atoms with van der Waals surface area (Å²) in [4.78, 5) is 11.9. The number of nitrogens with zero attached hydrogens (tertiary/aromatic N) is 4. The third-order valence-corrected chi connectivity index (χ3v) is 6.50. The van der Waals surface area contributed by atoms with E-state index in [2.05, 4.69) is 44.0 Å². The van der Waals surface area contributed by atoms with Crippen molar-refractivity contribution in [3.63, 3.8) is 0 Å². The lowest BCUT2D eigenvalue weighted by Gasteiger charge is -2.36. The summed E-state index contributed by atoms with van der Waals surface area (Å²) in [7, 11) is 1.92. The lowest BCUT2D eigenvalue weighted by atomic mass is 9.91. The maximum absolute atomic E-state index is 13.6. The van der Waals surface area contributed by atoms with Crippen LogP contribution in [0.5, 0.6) is 0 Å². The van der Waals surface area contributed by atoms with Crippen LogP contribution in [-0.2, 0) is 6.54 Å². The standard InChI is InChI=1S/C22H33FN4/c1-24-22-11-13-26(20-5-2-6-20)14-15-27(22)21-9-7-18(8-10-21)16-25-12-3-4-19(23)17-25/h7-10,19-20H,2-6,11-17H2,1H3. The van der Waals surface area contributed by atoms with Crippen LogP contribution >= 0.6 is 0 Å². The van der Waals surface area contributed by atoms with E-state index < -0.39 is 6.17 Å². The van der Waals surface area contributed by atoms with Gasteiger partial charge in [0.2, 0.25) is 0 Å². The van der Waals surface area contributed by atoms with Crippen LogP contribution < -0.4 is 4.90 Å². The largest absolute Gasteiger partial charge is 0.329 e. The van der Waals surface area contributed by atoms with E-state index in [0.717, 1.165) is 58.0 Å². The normalized spacial score (nSPS) is 27.6. The Balaban J connectivity index is 1.40. The number of piperidine rings is 1. The van der Waals surface area contributed by atoms with Gasteiger partial charge in [0.15, 0.2) is 0 Å². The first-order chi connectivity index (χ1) is 13.2. The first-order valence-electron chi connectivity index (χ1n) is 10.7. The average molecular weight is 373 g/mol. The molecule has 3 fully saturated rings. The average Bonchev–Trinajstić information content (AvgIpc) is 2.84. The highest BCUT2D eigenvalue weighted by atomic mass is 19.1. The molecule has 1 aliphatic carbocycles. The maximum atomic E-state index is 13.6.